The van der Waals surface area contributed by atoms with Gasteiger partial charge in [0.15, 0.2) is 12.4 Å². The van der Waals surface area contributed by atoms with E-state index in [-0.39, 0.29) is 39.7 Å². The third kappa shape index (κ3) is 5.31. The summed E-state index contributed by atoms with van der Waals surface area (Å²) in [6, 6.07) is 17.6. The number of ketones is 1. The van der Waals surface area contributed by atoms with Gasteiger partial charge in [-0.3, -0.25) is 4.79 Å². The van der Waals surface area contributed by atoms with Gasteiger partial charge in [0.2, 0.25) is 12.3 Å². The van der Waals surface area contributed by atoms with Crippen LogP contribution in [0.1, 0.15) is 21.5 Å². The van der Waals surface area contributed by atoms with E-state index in [0.29, 0.717) is 6.54 Å². The first kappa shape index (κ1) is 21.2. The van der Waals surface area contributed by atoms with Gasteiger partial charge in [-0.1, -0.05) is 30.3 Å². The molecule has 2 aromatic heterocycles. The summed E-state index contributed by atoms with van der Waals surface area (Å²) in [6.07, 6.45) is 3.99. The molecule has 0 radical (unpaired) electrons. The van der Waals surface area contributed by atoms with Crippen LogP contribution in [0.25, 0.3) is 11.4 Å². The Labute approximate surface area is 169 Å². The summed E-state index contributed by atoms with van der Waals surface area (Å²) in [7, 11) is 0. The maximum atomic E-state index is 12.5. The molecule has 0 saturated heterocycles. The first-order chi connectivity index (χ1) is 11.1. The lowest BCUT2D eigenvalue weighted by molar-refractivity contribution is -0.675. The molecule has 0 amide bonds. The summed E-state index contributed by atoms with van der Waals surface area (Å²) >= 11 is 0. The fourth-order valence-corrected chi connectivity index (χ4v) is 2.57. The number of aryl methyl sites for hydroxylation is 2. The first-order valence-electron chi connectivity index (χ1n) is 7.70. The number of hydrogen-bond acceptors (Lipinski definition) is 1. The highest BCUT2D eigenvalue weighted by Gasteiger charge is 2.21. The highest BCUT2D eigenvalue weighted by molar-refractivity contribution is 5.95. The zero-order chi connectivity index (χ0) is 16.2. The summed E-state index contributed by atoms with van der Waals surface area (Å²) in [5.41, 5.74) is 5.03. The van der Waals surface area contributed by atoms with Gasteiger partial charge in [-0.2, -0.15) is 4.57 Å². The predicted octanol–water partition coefficient (Wildman–Crippen LogP) is -3.04. The molecule has 3 aromatic rings. The van der Waals surface area contributed by atoms with Crippen molar-refractivity contribution in [3.05, 3.63) is 83.7 Å². The third-order valence-electron chi connectivity index (χ3n) is 3.83. The van der Waals surface area contributed by atoms with Crippen LogP contribution in [0.15, 0.2) is 67.0 Å². The Kier molecular flexibility index (Phi) is 8.13. The highest BCUT2D eigenvalue weighted by atomic mass is 79.9. The van der Waals surface area contributed by atoms with Crippen LogP contribution in [0.3, 0.4) is 0 Å². The maximum Gasteiger partial charge on any atom is 0.277 e. The van der Waals surface area contributed by atoms with E-state index in [4.69, 9.17) is 0 Å². The average molecular weight is 464 g/mol. The number of aromatic nitrogens is 2. The van der Waals surface area contributed by atoms with Crippen molar-refractivity contribution in [2.75, 3.05) is 0 Å². The quantitative estimate of drug-likeness (QED) is 0.299. The molecule has 2 heterocycles. The van der Waals surface area contributed by atoms with Crippen molar-refractivity contribution in [2.45, 2.75) is 20.4 Å². The highest BCUT2D eigenvalue weighted by Crippen LogP contribution is 2.11. The van der Waals surface area contributed by atoms with Crippen LogP contribution in [0.2, 0.25) is 0 Å². The lowest BCUT2D eigenvalue weighted by atomic mass is 10.1. The number of nitrogens with one attached hydrogen (secondary N) is 1. The number of aromatic amines is 1. The van der Waals surface area contributed by atoms with E-state index in [0.717, 1.165) is 22.5 Å². The second-order valence-corrected chi connectivity index (χ2v) is 5.79. The molecule has 0 unspecified atom stereocenters. The fourth-order valence-electron chi connectivity index (χ4n) is 2.57. The molecule has 0 saturated carbocycles. The normalized spacial score (nSPS) is 9.68. The molecule has 1 aromatic carbocycles. The van der Waals surface area contributed by atoms with E-state index in [2.05, 4.69) is 23.2 Å². The molecule has 0 atom stereocenters. The zero-order valence-electron chi connectivity index (χ0n) is 14.2. The van der Waals surface area contributed by atoms with E-state index in [1.165, 1.54) is 5.56 Å². The van der Waals surface area contributed by atoms with E-state index < -0.39 is 0 Å². The molecule has 0 spiro atoms. The summed E-state index contributed by atoms with van der Waals surface area (Å²) in [5, 5.41) is 0. The van der Waals surface area contributed by atoms with E-state index >= 15 is 0 Å². The minimum atomic E-state index is 0. The van der Waals surface area contributed by atoms with Crippen molar-refractivity contribution in [1.29, 1.82) is 0 Å². The van der Waals surface area contributed by atoms with Gasteiger partial charge in [-0.15, -0.1) is 0 Å². The number of carbonyl (C=O) groups excluding carboxylic acids is 1. The average Bonchev–Trinajstić information content (AvgIpc) is 2.57. The molecular weight excluding hydrogens is 444 g/mol. The van der Waals surface area contributed by atoms with Crippen molar-refractivity contribution >= 4 is 5.78 Å². The van der Waals surface area contributed by atoms with Crippen LogP contribution in [0, 0.1) is 13.8 Å². The van der Waals surface area contributed by atoms with E-state index in [1.807, 2.05) is 67.2 Å². The van der Waals surface area contributed by atoms with Crippen LogP contribution >= 0.6 is 0 Å². The minimum Gasteiger partial charge on any atom is -1.00 e. The molecule has 130 valence electrons. The summed E-state index contributed by atoms with van der Waals surface area (Å²) < 4.78 is 2.01. The van der Waals surface area contributed by atoms with Crippen molar-refractivity contribution < 1.29 is 48.3 Å². The number of hydrogen-bond donors (Lipinski definition) is 0. The van der Waals surface area contributed by atoms with Gasteiger partial charge in [0, 0.05) is 28.8 Å². The Bertz CT molecular complexity index is 834. The Balaban J connectivity index is 0.00000156. The third-order valence-corrected chi connectivity index (χ3v) is 3.83. The molecule has 0 aliphatic heterocycles. The van der Waals surface area contributed by atoms with E-state index in [1.54, 1.807) is 0 Å². The fraction of sp³-hybridized carbons (Fsp3) is 0.150. The molecule has 25 heavy (non-hydrogen) atoms. The number of H-pyrrole nitrogens is 1. The number of pyridine rings is 2. The largest absolute Gasteiger partial charge is 1.00 e. The minimum absolute atomic E-state index is 0. The van der Waals surface area contributed by atoms with Gasteiger partial charge in [-0.05, 0) is 26.0 Å². The Morgan fingerprint density at radius 2 is 1.60 bits per heavy atom. The number of carbonyl (C=O) groups is 1. The standard InChI is InChI=1S/C20H19N2O.2BrH/c1-15-8-10-18(21-12-15)19-11-9-16(2)13-22(19)14-20(23)17-6-4-3-5-7-17;;/h3-13H,14H2,1-2H3;2*1H/q+1;;/p-1. The first-order valence-corrected chi connectivity index (χ1v) is 7.70. The monoisotopic (exact) mass is 462 g/mol. The Hall–Kier alpha value is -1.85. The molecule has 3 rings (SSSR count). The molecular formula is C20H20Br2N2O. The van der Waals surface area contributed by atoms with Crippen LogP contribution in [0.5, 0.6) is 0 Å². The van der Waals surface area contributed by atoms with E-state index in [9.17, 15) is 4.79 Å². The number of rotatable bonds is 4. The van der Waals surface area contributed by atoms with Crippen LogP contribution in [-0.4, -0.2) is 5.78 Å². The van der Waals surface area contributed by atoms with Crippen LogP contribution in [-0.2, 0) is 6.54 Å². The zero-order valence-corrected chi connectivity index (χ0v) is 17.3. The van der Waals surface area contributed by atoms with Gasteiger partial charge < -0.3 is 34.0 Å². The van der Waals surface area contributed by atoms with Gasteiger partial charge >= 0.3 is 0 Å². The topological polar surface area (TPSA) is 35.1 Å². The van der Waals surface area contributed by atoms with Crippen LogP contribution in [0.4, 0.5) is 0 Å². The molecule has 0 aliphatic rings. The molecule has 0 fully saturated rings. The predicted molar refractivity (Wildman–Crippen MR) is 88.9 cm³/mol. The molecule has 1 N–H and O–H groups in total. The molecule has 5 heteroatoms. The lowest BCUT2D eigenvalue weighted by Gasteiger charge is -2.03. The number of Topliss-reactive ketones (excluding diaryl/α,β-unsaturated/α-hetero) is 1. The Morgan fingerprint density at radius 1 is 0.920 bits per heavy atom. The van der Waals surface area contributed by atoms with Gasteiger partial charge in [0.05, 0.1) is 0 Å². The Morgan fingerprint density at radius 3 is 2.24 bits per heavy atom. The van der Waals surface area contributed by atoms with Crippen molar-refractivity contribution in [1.82, 2.24) is 0 Å². The molecule has 3 nitrogen and oxygen atoms in total. The second-order valence-electron chi connectivity index (χ2n) is 5.79. The van der Waals surface area contributed by atoms with Crippen LogP contribution < -0.4 is 43.5 Å². The van der Waals surface area contributed by atoms with Gasteiger partial charge in [0.25, 0.3) is 11.4 Å². The summed E-state index contributed by atoms with van der Waals surface area (Å²) in [6.45, 7) is 4.40. The summed E-state index contributed by atoms with van der Waals surface area (Å²) in [5.74, 6) is 0.106. The smallest absolute Gasteiger partial charge is 0.277 e. The lowest BCUT2D eigenvalue weighted by Crippen LogP contribution is -3.00. The number of nitrogens with zero attached hydrogens (tertiary/aromatic N) is 1. The summed E-state index contributed by atoms with van der Waals surface area (Å²) in [4.78, 5) is 15.8. The maximum absolute atomic E-state index is 12.5. The van der Waals surface area contributed by atoms with Crippen molar-refractivity contribution in [2.24, 2.45) is 0 Å². The molecule has 0 bridgehead atoms. The van der Waals surface area contributed by atoms with Gasteiger partial charge in [0.1, 0.15) is 0 Å². The molecule has 0 aliphatic carbocycles. The van der Waals surface area contributed by atoms with Crippen molar-refractivity contribution in [3.63, 3.8) is 0 Å². The number of benzene rings is 1. The van der Waals surface area contributed by atoms with Crippen molar-refractivity contribution in [3.8, 4) is 11.4 Å². The number of halogens is 2. The SMILES string of the molecule is Cc1ccc(-c2ccc(C)c[n+]2CC(=O)c2ccccc2)[nH+]c1.[Br-].[Br-]. The van der Waals surface area contributed by atoms with Gasteiger partial charge in [-0.25, -0.2) is 4.98 Å². The second kappa shape index (κ2) is 9.59.